The summed E-state index contributed by atoms with van der Waals surface area (Å²) in [5.74, 6) is 1.49. The Kier molecular flexibility index (Phi) is 6.76. The van der Waals surface area contributed by atoms with Crippen molar-refractivity contribution >= 4 is 15.9 Å². The molecular weight excluding hydrogens is 336 g/mol. The second kappa shape index (κ2) is 8.58. The van der Waals surface area contributed by atoms with Gasteiger partial charge >= 0.3 is 0 Å². The first-order chi connectivity index (χ1) is 10.2. The molecule has 1 heterocycles. The summed E-state index contributed by atoms with van der Waals surface area (Å²) in [4.78, 5) is 2.42. The molecule has 6 heteroatoms. The van der Waals surface area contributed by atoms with Crippen LogP contribution in [0.25, 0.3) is 0 Å². The fourth-order valence-corrected chi connectivity index (χ4v) is 2.78. The van der Waals surface area contributed by atoms with Crippen molar-refractivity contribution in [2.75, 3.05) is 53.6 Å². The van der Waals surface area contributed by atoms with Crippen molar-refractivity contribution in [2.45, 2.75) is 6.54 Å². The van der Waals surface area contributed by atoms with E-state index in [1.807, 2.05) is 12.1 Å². The molecule has 5 nitrogen and oxygen atoms in total. The highest BCUT2D eigenvalue weighted by molar-refractivity contribution is 9.10. The summed E-state index contributed by atoms with van der Waals surface area (Å²) < 4.78 is 17.0. The molecule has 0 spiro atoms. The number of rotatable bonds is 7. The fourth-order valence-electron chi connectivity index (χ4n) is 2.32. The molecule has 0 aliphatic carbocycles. The van der Waals surface area contributed by atoms with Crippen molar-refractivity contribution < 1.29 is 14.2 Å². The predicted molar refractivity (Wildman–Crippen MR) is 86.2 cm³/mol. The van der Waals surface area contributed by atoms with E-state index in [-0.39, 0.29) is 0 Å². The number of nitrogens with one attached hydrogen (secondary N) is 1. The molecule has 2 rings (SSSR count). The molecule has 0 amide bonds. The Labute approximate surface area is 134 Å². The van der Waals surface area contributed by atoms with Gasteiger partial charge in [0.2, 0.25) is 0 Å². The first kappa shape index (κ1) is 16.5. The summed E-state index contributed by atoms with van der Waals surface area (Å²) in [7, 11) is 3.30. The molecule has 21 heavy (non-hydrogen) atoms. The molecule has 1 fully saturated rings. The highest BCUT2D eigenvalue weighted by Gasteiger charge is 2.11. The Morgan fingerprint density at radius 2 is 1.86 bits per heavy atom. The Hall–Kier alpha value is -0.820. The average Bonchev–Trinajstić information content (AvgIpc) is 2.53. The van der Waals surface area contributed by atoms with Gasteiger partial charge in [0, 0.05) is 37.2 Å². The summed E-state index contributed by atoms with van der Waals surface area (Å²) >= 11 is 3.58. The largest absolute Gasteiger partial charge is 0.493 e. The molecule has 1 saturated heterocycles. The summed E-state index contributed by atoms with van der Waals surface area (Å²) in [6, 6.07) is 3.95. The van der Waals surface area contributed by atoms with Gasteiger partial charge in [0.1, 0.15) is 0 Å². The number of ether oxygens (including phenoxy) is 3. The maximum atomic E-state index is 5.34. The van der Waals surface area contributed by atoms with E-state index in [1.165, 1.54) is 0 Å². The van der Waals surface area contributed by atoms with E-state index in [2.05, 4.69) is 26.1 Å². The van der Waals surface area contributed by atoms with Gasteiger partial charge in [0.25, 0.3) is 0 Å². The van der Waals surface area contributed by atoms with Crippen LogP contribution in [0.3, 0.4) is 0 Å². The number of methoxy groups -OCH3 is 2. The van der Waals surface area contributed by atoms with Gasteiger partial charge in [-0.2, -0.15) is 0 Å². The molecule has 1 aliphatic rings. The lowest BCUT2D eigenvalue weighted by molar-refractivity contribution is 0.0384. The van der Waals surface area contributed by atoms with Crippen LogP contribution in [0.2, 0.25) is 0 Å². The first-order valence-electron chi connectivity index (χ1n) is 7.16. The predicted octanol–water partition coefficient (Wildman–Crippen LogP) is 1.89. The molecule has 1 aromatic rings. The van der Waals surface area contributed by atoms with Gasteiger partial charge in [-0.05, 0) is 17.7 Å². The van der Waals surface area contributed by atoms with Crippen molar-refractivity contribution in [1.82, 2.24) is 10.2 Å². The lowest BCUT2D eigenvalue weighted by Gasteiger charge is -2.26. The maximum Gasteiger partial charge on any atom is 0.161 e. The van der Waals surface area contributed by atoms with Crippen molar-refractivity contribution in [3.8, 4) is 11.5 Å². The van der Waals surface area contributed by atoms with Crippen LogP contribution in [0.4, 0.5) is 0 Å². The molecule has 0 bridgehead atoms. The molecule has 1 aliphatic heterocycles. The van der Waals surface area contributed by atoms with E-state index >= 15 is 0 Å². The minimum Gasteiger partial charge on any atom is -0.493 e. The highest BCUT2D eigenvalue weighted by Crippen LogP contribution is 2.33. The second-order valence-electron chi connectivity index (χ2n) is 4.93. The van der Waals surface area contributed by atoms with E-state index in [0.29, 0.717) is 0 Å². The first-order valence-corrected chi connectivity index (χ1v) is 7.95. The Morgan fingerprint density at radius 3 is 2.52 bits per heavy atom. The minimum atomic E-state index is 0.737. The SMILES string of the molecule is COc1cc(Br)c(CNCCN2CCOCC2)cc1OC. The Bertz CT molecular complexity index is 451. The van der Waals surface area contributed by atoms with Crippen LogP contribution in [0, 0.1) is 0 Å². The molecular formula is C15H23BrN2O3. The van der Waals surface area contributed by atoms with Gasteiger partial charge in [-0.1, -0.05) is 15.9 Å². The number of nitrogens with zero attached hydrogens (tertiary/aromatic N) is 1. The lowest BCUT2D eigenvalue weighted by Crippen LogP contribution is -2.40. The molecule has 0 aromatic heterocycles. The van der Waals surface area contributed by atoms with Gasteiger partial charge < -0.3 is 19.5 Å². The zero-order valence-electron chi connectivity index (χ0n) is 12.7. The monoisotopic (exact) mass is 358 g/mol. The van der Waals surface area contributed by atoms with Crippen molar-refractivity contribution in [2.24, 2.45) is 0 Å². The molecule has 1 N–H and O–H groups in total. The second-order valence-corrected chi connectivity index (χ2v) is 5.78. The third-order valence-electron chi connectivity index (χ3n) is 3.58. The fraction of sp³-hybridized carbons (Fsp3) is 0.600. The standard InChI is InChI=1S/C15H23BrN2O3/c1-19-14-9-12(13(16)10-15(14)20-2)11-17-3-4-18-5-7-21-8-6-18/h9-10,17H,3-8,11H2,1-2H3. The maximum absolute atomic E-state index is 5.34. The Morgan fingerprint density at radius 1 is 1.19 bits per heavy atom. The molecule has 0 atom stereocenters. The van der Waals surface area contributed by atoms with Crippen molar-refractivity contribution in [3.63, 3.8) is 0 Å². The molecule has 118 valence electrons. The van der Waals surface area contributed by atoms with E-state index in [4.69, 9.17) is 14.2 Å². The van der Waals surface area contributed by atoms with Gasteiger partial charge in [-0.15, -0.1) is 0 Å². The van der Waals surface area contributed by atoms with Crippen LogP contribution >= 0.6 is 15.9 Å². The van der Waals surface area contributed by atoms with Crippen LogP contribution in [0.5, 0.6) is 11.5 Å². The van der Waals surface area contributed by atoms with Gasteiger partial charge in [-0.25, -0.2) is 0 Å². The molecule has 0 saturated carbocycles. The van der Waals surface area contributed by atoms with E-state index in [0.717, 1.165) is 67.5 Å². The number of morpholine rings is 1. The third kappa shape index (κ3) is 4.85. The Balaban J connectivity index is 1.82. The normalized spacial score (nSPS) is 16.0. The third-order valence-corrected chi connectivity index (χ3v) is 4.31. The lowest BCUT2D eigenvalue weighted by atomic mass is 10.2. The number of benzene rings is 1. The van der Waals surface area contributed by atoms with Gasteiger partial charge in [0.05, 0.1) is 27.4 Å². The average molecular weight is 359 g/mol. The van der Waals surface area contributed by atoms with Gasteiger partial charge in [0.15, 0.2) is 11.5 Å². The van der Waals surface area contributed by atoms with Crippen LogP contribution in [0.1, 0.15) is 5.56 Å². The minimum absolute atomic E-state index is 0.737. The van der Waals surface area contributed by atoms with Crippen molar-refractivity contribution in [3.05, 3.63) is 22.2 Å². The quantitative estimate of drug-likeness (QED) is 0.754. The molecule has 0 radical (unpaired) electrons. The number of halogens is 1. The number of hydrogen-bond acceptors (Lipinski definition) is 5. The van der Waals surface area contributed by atoms with E-state index in [9.17, 15) is 0 Å². The van der Waals surface area contributed by atoms with E-state index in [1.54, 1.807) is 14.2 Å². The van der Waals surface area contributed by atoms with Crippen LogP contribution in [-0.2, 0) is 11.3 Å². The smallest absolute Gasteiger partial charge is 0.161 e. The number of hydrogen-bond donors (Lipinski definition) is 1. The zero-order valence-corrected chi connectivity index (χ0v) is 14.2. The summed E-state index contributed by atoms with van der Waals surface area (Å²) in [6.45, 7) is 6.56. The van der Waals surface area contributed by atoms with Crippen LogP contribution in [-0.4, -0.2) is 58.5 Å². The zero-order chi connectivity index (χ0) is 15.1. The molecule has 1 aromatic carbocycles. The van der Waals surface area contributed by atoms with Gasteiger partial charge in [-0.3, -0.25) is 4.90 Å². The summed E-state index contributed by atoms with van der Waals surface area (Å²) in [6.07, 6.45) is 0. The summed E-state index contributed by atoms with van der Waals surface area (Å²) in [5, 5.41) is 3.47. The highest BCUT2D eigenvalue weighted by atomic mass is 79.9. The van der Waals surface area contributed by atoms with E-state index < -0.39 is 0 Å². The van der Waals surface area contributed by atoms with Crippen LogP contribution < -0.4 is 14.8 Å². The summed E-state index contributed by atoms with van der Waals surface area (Å²) in [5.41, 5.74) is 1.16. The van der Waals surface area contributed by atoms with Crippen LogP contribution in [0.15, 0.2) is 16.6 Å². The van der Waals surface area contributed by atoms with Crippen molar-refractivity contribution in [1.29, 1.82) is 0 Å². The molecule has 0 unspecified atom stereocenters. The topological polar surface area (TPSA) is 43.0 Å².